The van der Waals surface area contributed by atoms with Gasteiger partial charge in [-0.1, -0.05) is 45.9 Å². The fourth-order valence-electron chi connectivity index (χ4n) is 2.17. The van der Waals surface area contributed by atoms with E-state index in [0.29, 0.717) is 24.3 Å². The Morgan fingerprint density at radius 1 is 0.857 bits per heavy atom. The molecule has 0 fully saturated rings. The standard InChI is InChI=1S/C20H23NO4S3/c1-3-24-19(22)15-9-5-7-11-17(15)27-21-13-14-26-28-18-12-8-6-10-16(18)20(23)25-4-2/h5-12,21H,3-4,13-14H2,1-2H3. The average molecular weight is 438 g/mol. The Labute approximate surface area is 177 Å². The smallest absolute Gasteiger partial charge is 0.339 e. The van der Waals surface area contributed by atoms with E-state index < -0.39 is 0 Å². The molecular formula is C20H23NO4S3. The first kappa shape index (κ1) is 22.7. The highest BCUT2D eigenvalue weighted by atomic mass is 33.1. The molecule has 0 radical (unpaired) electrons. The van der Waals surface area contributed by atoms with Gasteiger partial charge in [-0.3, -0.25) is 4.72 Å². The number of ether oxygens (including phenoxy) is 2. The van der Waals surface area contributed by atoms with E-state index in [4.69, 9.17) is 9.47 Å². The van der Waals surface area contributed by atoms with E-state index in [1.807, 2.05) is 36.4 Å². The zero-order valence-electron chi connectivity index (χ0n) is 15.8. The fourth-order valence-corrected chi connectivity index (χ4v) is 5.15. The Hall–Kier alpha value is -1.61. The molecule has 0 bridgehead atoms. The largest absolute Gasteiger partial charge is 0.462 e. The molecule has 0 amide bonds. The highest BCUT2D eigenvalue weighted by Crippen LogP contribution is 2.33. The molecule has 0 aliphatic heterocycles. The SMILES string of the molecule is CCOC(=O)c1ccccc1SNCCSSc1ccccc1C(=O)OCC. The van der Waals surface area contributed by atoms with Crippen molar-refractivity contribution in [1.29, 1.82) is 0 Å². The van der Waals surface area contributed by atoms with Gasteiger partial charge < -0.3 is 9.47 Å². The second-order valence-corrected chi connectivity index (χ2v) is 8.73. The number of rotatable bonds is 11. The van der Waals surface area contributed by atoms with E-state index in [1.54, 1.807) is 47.6 Å². The van der Waals surface area contributed by atoms with E-state index in [2.05, 4.69) is 4.72 Å². The minimum Gasteiger partial charge on any atom is -0.462 e. The maximum atomic E-state index is 12.0. The predicted molar refractivity (Wildman–Crippen MR) is 117 cm³/mol. The molecule has 2 aromatic rings. The number of hydrogen-bond acceptors (Lipinski definition) is 8. The van der Waals surface area contributed by atoms with Crippen LogP contribution in [0.5, 0.6) is 0 Å². The van der Waals surface area contributed by atoms with Crippen molar-refractivity contribution in [2.45, 2.75) is 23.6 Å². The van der Waals surface area contributed by atoms with Crippen LogP contribution in [0.1, 0.15) is 34.6 Å². The Morgan fingerprint density at radius 2 is 1.39 bits per heavy atom. The normalized spacial score (nSPS) is 10.5. The third kappa shape index (κ3) is 7.09. The van der Waals surface area contributed by atoms with Gasteiger partial charge in [0.05, 0.1) is 24.3 Å². The number of esters is 2. The lowest BCUT2D eigenvalue weighted by Crippen LogP contribution is -2.11. The molecule has 0 saturated heterocycles. The van der Waals surface area contributed by atoms with Crippen LogP contribution in [0.4, 0.5) is 0 Å². The molecular weight excluding hydrogens is 414 g/mol. The highest BCUT2D eigenvalue weighted by Gasteiger charge is 2.13. The van der Waals surface area contributed by atoms with Crippen LogP contribution in [0.2, 0.25) is 0 Å². The van der Waals surface area contributed by atoms with Gasteiger partial charge in [-0.15, -0.1) is 0 Å². The summed E-state index contributed by atoms with van der Waals surface area (Å²) in [7, 11) is 3.21. The lowest BCUT2D eigenvalue weighted by Gasteiger charge is -2.09. The molecule has 8 heteroatoms. The van der Waals surface area contributed by atoms with Crippen LogP contribution >= 0.6 is 33.5 Å². The van der Waals surface area contributed by atoms with Crippen molar-refractivity contribution in [1.82, 2.24) is 4.72 Å². The zero-order valence-corrected chi connectivity index (χ0v) is 18.3. The summed E-state index contributed by atoms with van der Waals surface area (Å²) in [6.45, 7) is 5.04. The molecule has 0 aliphatic carbocycles. The quantitative estimate of drug-likeness (QED) is 0.226. The van der Waals surface area contributed by atoms with Gasteiger partial charge in [0, 0.05) is 22.1 Å². The van der Waals surface area contributed by atoms with Gasteiger partial charge in [0.15, 0.2) is 0 Å². The molecule has 0 unspecified atom stereocenters. The van der Waals surface area contributed by atoms with E-state index in [0.717, 1.165) is 22.1 Å². The monoisotopic (exact) mass is 437 g/mol. The third-order valence-electron chi connectivity index (χ3n) is 3.38. The number of carbonyl (C=O) groups is 2. The summed E-state index contributed by atoms with van der Waals surface area (Å²) in [6.07, 6.45) is 0. The molecule has 150 valence electrons. The first-order chi connectivity index (χ1) is 13.7. The highest BCUT2D eigenvalue weighted by molar-refractivity contribution is 8.76. The predicted octanol–water partition coefficient (Wildman–Crippen LogP) is 5.08. The van der Waals surface area contributed by atoms with Crippen LogP contribution in [0.15, 0.2) is 58.3 Å². The van der Waals surface area contributed by atoms with Crippen LogP contribution in [0.3, 0.4) is 0 Å². The number of carbonyl (C=O) groups excluding carboxylic acids is 2. The first-order valence-corrected chi connectivity index (χ1v) is 12.0. The lowest BCUT2D eigenvalue weighted by atomic mass is 10.2. The van der Waals surface area contributed by atoms with Gasteiger partial charge in [0.25, 0.3) is 0 Å². The fraction of sp³-hybridized carbons (Fsp3) is 0.300. The maximum Gasteiger partial charge on any atom is 0.339 e. The topological polar surface area (TPSA) is 64.6 Å². The molecule has 1 N–H and O–H groups in total. The maximum absolute atomic E-state index is 12.0. The summed E-state index contributed by atoms with van der Waals surface area (Å²) in [4.78, 5) is 25.7. The van der Waals surface area contributed by atoms with Gasteiger partial charge in [0.2, 0.25) is 0 Å². The van der Waals surface area contributed by atoms with Gasteiger partial charge >= 0.3 is 11.9 Å². The second kappa shape index (κ2) is 12.8. The van der Waals surface area contributed by atoms with Gasteiger partial charge in [0.1, 0.15) is 0 Å². The van der Waals surface area contributed by atoms with Crippen molar-refractivity contribution < 1.29 is 19.1 Å². The van der Waals surface area contributed by atoms with Crippen LogP contribution in [-0.2, 0) is 9.47 Å². The minimum atomic E-state index is -0.312. The Balaban J connectivity index is 1.78. The molecule has 28 heavy (non-hydrogen) atoms. The van der Waals surface area contributed by atoms with Gasteiger partial charge in [-0.25, -0.2) is 9.59 Å². The van der Waals surface area contributed by atoms with Crippen molar-refractivity contribution in [2.75, 3.05) is 25.5 Å². The Morgan fingerprint density at radius 3 is 2.00 bits per heavy atom. The van der Waals surface area contributed by atoms with E-state index in [1.165, 1.54) is 11.9 Å². The van der Waals surface area contributed by atoms with Crippen LogP contribution < -0.4 is 4.72 Å². The number of hydrogen-bond donors (Lipinski definition) is 1. The summed E-state index contributed by atoms with van der Waals surface area (Å²) in [6, 6.07) is 14.8. The van der Waals surface area contributed by atoms with Crippen molar-refractivity contribution in [3.63, 3.8) is 0 Å². The van der Waals surface area contributed by atoms with Gasteiger partial charge in [-0.05, 0) is 50.1 Å². The van der Waals surface area contributed by atoms with Crippen molar-refractivity contribution >= 4 is 45.5 Å². The van der Waals surface area contributed by atoms with E-state index in [9.17, 15) is 9.59 Å². The third-order valence-corrected chi connectivity index (χ3v) is 6.72. The molecule has 5 nitrogen and oxygen atoms in total. The van der Waals surface area contributed by atoms with E-state index in [-0.39, 0.29) is 11.9 Å². The van der Waals surface area contributed by atoms with Crippen LogP contribution in [0.25, 0.3) is 0 Å². The first-order valence-electron chi connectivity index (χ1n) is 8.88. The molecule has 0 aliphatic rings. The minimum absolute atomic E-state index is 0.296. The Bertz CT molecular complexity index is 720. The molecule has 0 spiro atoms. The molecule has 0 heterocycles. The Kier molecular flexibility index (Phi) is 10.3. The molecule has 0 saturated carbocycles. The average Bonchev–Trinajstić information content (AvgIpc) is 2.71. The van der Waals surface area contributed by atoms with Crippen molar-refractivity contribution in [2.24, 2.45) is 0 Å². The van der Waals surface area contributed by atoms with Crippen molar-refractivity contribution in [3.05, 3.63) is 59.7 Å². The molecule has 2 rings (SSSR count). The summed E-state index contributed by atoms with van der Waals surface area (Å²) in [5.74, 6) is 0.222. The summed E-state index contributed by atoms with van der Waals surface area (Å²) >= 11 is 1.41. The van der Waals surface area contributed by atoms with Crippen LogP contribution in [0, 0.1) is 0 Å². The number of nitrogens with one attached hydrogen (secondary N) is 1. The molecule has 0 aromatic heterocycles. The summed E-state index contributed by atoms with van der Waals surface area (Å²) in [5.41, 5.74) is 1.15. The van der Waals surface area contributed by atoms with Crippen molar-refractivity contribution in [3.8, 4) is 0 Å². The molecule has 0 atom stereocenters. The molecule has 2 aromatic carbocycles. The summed E-state index contributed by atoms with van der Waals surface area (Å²) in [5, 5.41) is 0. The number of benzene rings is 2. The van der Waals surface area contributed by atoms with E-state index >= 15 is 0 Å². The zero-order chi connectivity index (χ0) is 20.2. The van der Waals surface area contributed by atoms with Crippen LogP contribution in [-0.4, -0.2) is 37.4 Å². The van der Waals surface area contributed by atoms with Gasteiger partial charge in [-0.2, -0.15) is 0 Å². The summed E-state index contributed by atoms with van der Waals surface area (Å²) < 4.78 is 13.4. The second-order valence-electron chi connectivity index (χ2n) is 5.33. The lowest BCUT2D eigenvalue weighted by molar-refractivity contribution is 0.0512.